The highest BCUT2D eigenvalue weighted by Gasteiger charge is 2.09. The number of amides is 1. The average molecular weight is 360 g/mol. The molecule has 1 heterocycles. The lowest BCUT2D eigenvalue weighted by atomic mass is 10.0. The van der Waals surface area contributed by atoms with Crippen LogP contribution in [0.15, 0.2) is 66.7 Å². The van der Waals surface area contributed by atoms with Crippen molar-refractivity contribution in [3.8, 4) is 0 Å². The van der Waals surface area contributed by atoms with Crippen LogP contribution in [0.25, 0.3) is 0 Å². The lowest BCUT2D eigenvalue weighted by Crippen LogP contribution is -2.15. The molecule has 1 amide bonds. The molecule has 2 N–H and O–H groups in total. The molecule has 0 aliphatic heterocycles. The van der Waals surface area contributed by atoms with Gasteiger partial charge in [0.05, 0.1) is 0 Å². The highest BCUT2D eigenvalue weighted by molar-refractivity contribution is 6.02. The number of benzene rings is 2. The van der Waals surface area contributed by atoms with Crippen molar-refractivity contribution in [3.05, 3.63) is 83.6 Å². The molecule has 0 saturated carbocycles. The first-order valence-electron chi connectivity index (χ1n) is 9.14. The van der Waals surface area contributed by atoms with Crippen LogP contribution in [0.2, 0.25) is 0 Å². The lowest BCUT2D eigenvalue weighted by Gasteiger charge is -2.08. The second-order valence-electron chi connectivity index (χ2n) is 6.70. The Hall–Kier alpha value is -3.21. The van der Waals surface area contributed by atoms with Gasteiger partial charge in [0.1, 0.15) is 5.82 Å². The molecule has 1 aromatic heterocycles. The summed E-state index contributed by atoms with van der Waals surface area (Å²) in [5.41, 5.74) is 3.53. The molecule has 138 valence electrons. The summed E-state index contributed by atoms with van der Waals surface area (Å²) in [6.07, 6.45) is 0.900. The smallest absolute Gasteiger partial charge is 0.276 e. The Bertz CT molecular complexity index is 859. The van der Waals surface area contributed by atoms with Gasteiger partial charge in [-0.2, -0.15) is 0 Å². The maximum Gasteiger partial charge on any atom is 0.276 e. The van der Waals surface area contributed by atoms with E-state index in [-0.39, 0.29) is 11.6 Å². The standard InChI is InChI=1S/C22H24N4O/c1-16(2)18-8-10-19(11-9-18)24-22(27)20-12-13-21(26-25-20)23-15-14-17-6-4-3-5-7-17/h3-13,16H,14-15H2,1-2H3,(H,23,26)(H,24,27). The van der Waals surface area contributed by atoms with Gasteiger partial charge in [-0.05, 0) is 47.7 Å². The van der Waals surface area contributed by atoms with Gasteiger partial charge in [-0.15, -0.1) is 10.2 Å². The average Bonchev–Trinajstić information content (AvgIpc) is 2.70. The van der Waals surface area contributed by atoms with Crippen molar-refractivity contribution in [2.24, 2.45) is 0 Å². The Kier molecular flexibility index (Phi) is 6.15. The number of rotatable bonds is 7. The van der Waals surface area contributed by atoms with E-state index >= 15 is 0 Å². The maximum absolute atomic E-state index is 12.3. The molecule has 0 unspecified atom stereocenters. The summed E-state index contributed by atoms with van der Waals surface area (Å²) in [6, 6.07) is 21.5. The summed E-state index contributed by atoms with van der Waals surface area (Å²) in [5.74, 6) is 0.849. The van der Waals surface area contributed by atoms with Gasteiger partial charge >= 0.3 is 0 Å². The molecule has 27 heavy (non-hydrogen) atoms. The highest BCUT2D eigenvalue weighted by Crippen LogP contribution is 2.17. The molecule has 0 atom stereocenters. The lowest BCUT2D eigenvalue weighted by molar-refractivity contribution is 0.102. The maximum atomic E-state index is 12.3. The Balaban J connectivity index is 1.52. The quantitative estimate of drug-likeness (QED) is 0.651. The summed E-state index contributed by atoms with van der Waals surface area (Å²) in [7, 11) is 0. The van der Waals surface area contributed by atoms with Crippen LogP contribution in [0, 0.1) is 0 Å². The SMILES string of the molecule is CC(C)c1ccc(NC(=O)c2ccc(NCCc3ccccc3)nn2)cc1. The van der Waals surface area contributed by atoms with Gasteiger partial charge in [-0.1, -0.05) is 56.3 Å². The Morgan fingerprint density at radius 1 is 0.926 bits per heavy atom. The molecule has 0 aliphatic rings. The van der Waals surface area contributed by atoms with Gasteiger partial charge in [-0.3, -0.25) is 4.79 Å². The predicted octanol–water partition coefficient (Wildman–Crippen LogP) is 4.51. The van der Waals surface area contributed by atoms with E-state index in [4.69, 9.17) is 0 Å². The van der Waals surface area contributed by atoms with E-state index in [2.05, 4.69) is 46.8 Å². The number of nitrogens with zero attached hydrogens (tertiary/aromatic N) is 2. The molecule has 0 aliphatic carbocycles. The van der Waals surface area contributed by atoms with E-state index in [1.807, 2.05) is 42.5 Å². The molecule has 0 radical (unpaired) electrons. The number of anilines is 2. The minimum Gasteiger partial charge on any atom is -0.368 e. The summed E-state index contributed by atoms with van der Waals surface area (Å²) in [5, 5.41) is 14.2. The zero-order valence-corrected chi connectivity index (χ0v) is 15.6. The van der Waals surface area contributed by atoms with Crippen molar-refractivity contribution in [2.75, 3.05) is 17.2 Å². The van der Waals surface area contributed by atoms with E-state index in [9.17, 15) is 4.79 Å². The van der Waals surface area contributed by atoms with Gasteiger partial charge in [0.2, 0.25) is 0 Å². The van der Waals surface area contributed by atoms with Crippen molar-refractivity contribution in [1.29, 1.82) is 0 Å². The minimum atomic E-state index is -0.268. The summed E-state index contributed by atoms with van der Waals surface area (Å²) >= 11 is 0. The van der Waals surface area contributed by atoms with E-state index < -0.39 is 0 Å². The second-order valence-corrected chi connectivity index (χ2v) is 6.70. The molecule has 5 nitrogen and oxygen atoms in total. The number of carbonyl (C=O) groups is 1. The summed E-state index contributed by atoms with van der Waals surface area (Å²) in [4.78, 5) is 12.3. The molecule has 0 bridgehead atoms. The first kappa shape index (κ1) is 18.6. The highest BCUT2D eigenvalue weighted by atomic mass is 16.1. The van der Waals surface area contributed by atoms with Crippen LogP contribution in [0.3, 0.4) is 0 Å². The number of aromatic nitrogens is 2. The Labute approximate surface area is 159 Å². The molecule has 2 aromatic carbocycles. The van der Waals surface area contributed by atoms with Gasteiger partial charge in [0, 0.05) is 12.2 Å². The molecule has 0 spiro atoms. The normalized spacial score (nSPS) is 10.6. The Morgan fingerprint density at radius 3 is 2.30 bits per heavy atom. The molecule has 3 rings (SSSR count). The largest absolute Gasteiger partial charge is 0.368 e. The number of carbonyl (C=O) groups excluding carboxylic acids is 1. The van der Waals surface area contributed by atoms with Crippen molar-refractivity contribution in [1.82, 2.24) is 10.2 Å². The first-order chi connectivity index (χ1) is 13.1. The molecule has 0 fully saturated rings. The van der Waals surface area contributed by atoms with Gasteiger partial charge < -0.3 is 10.6 Å². The van der Waals surface area contributed by atoms with Crippen LogP contribution in [-0.2, 0) is 6.42 Å². The molecular formula is C22H24N4O. The second kappa shape index (κ2) is 8.94. The van der Waals surface area contributed by atoms with Gasteiger partial charge in [0.25, 0.3) is 5.91 Å². The molecule has 0 saturated heterocycles. The number of hydrogen-bond acceptors (Lipinski definition) is 4. The number of nitrogens with one attached hydrogen (secondary N) is 2. The van der Waals surface area contributed by atoms with Crippen molar-refractivity contribution < 1.29 is 4.79 Å². The Morgan fingerprint density at radius 2 is 1.67 bits per heavy atom. The summed E-state index contributed by atoms with van der Waals surface area (Å²) < 4.78 is 0. The van der Waals surface area contributed by atoms with Crippen LogP contribution in [-0.4, -0.2) is 22.6 Å². The van der Waals surface area contributed by atoms with Gasteiger partial charge in [-0.25, -0.2) is 0 Å². The van der Waals surface area contributed by atoms with Crippen molar-refractivity contribution in [2.45, 2.75) is 26.2 Å². The zero-order chi connectivity index (χ0) is 19.1. The van der Waals surface area contributed by atoms with Crippen LogP contribution >= 0.6 is 0 Å². The van der Waals surface area contributed by atoms with Gasteiger partial charge in [0.15, 0.2) is 5.69 Å². The third-order valence-electron chi connectivity index (χ3n) is 4.30. The molecule has 3 aromatic rings. The van der Waals surface area contributed by atoms with Crippen LogP contribution < -0.4 is 10.6 Å². The topological polar surface area (TPSA) is 66.9 Å². The minimum absolute atomic E-state index is 0.268. The fraction of sp³-hybridized carbons (Fsp3) is 0.227. The first-order valence-corrected chi connectivity index (χ1v) is 9.14. The predicted molar refractivity (Wildman–Crippen MR) is 109 cm³/mol. The third kappa shape index (κ3) is 5.38. The van der Waals surface area contributed by atoms with E-state index in [0.717, 1.165) is 18.7 Å². The van der Waals surface area contributed by atoms with E-state index in [0.29, 0.717) is 11.7 Å². The van der Waals surface area contributed by atoms with Crippen molar-refractivity contribution >= 4 is 17.4 Å². The van der Waals surface area contributed by atoms with Crippen LogP contribution in [0.4, 0.5) is 11.5 Å². The fourth-order valence-electron chi connectivity index (χ4n) is 2.67. The fourth-order valence-corrected chi connectivity index (χ4v) is 2.67. The van der Waals surface area contributed by atoms with Crippen LogP contribution in [0.1, 0.15) is 41.4 Å². The van der Waals surface area contributed by atoms with Crippen LogP contribution in [0.5, 0.6) is 0 Å². The number of hydrogen-bond donors (Lipinski definition) is 2. The monoisotopic (exact) mass is 360 g/mol. The van der Waals surface area contributed by atoms with E-state index in [1.54, 1.807) is 12.1 Å². The van der Waals surface area contributed by atoms with E-state index in [1.165, 1.54) is 11.1 Å². The summed E-state index contributed by atoms with van der Waals surface area (Å²) in [6.45, 7) is 5.03. The third-order valence-corrected chi connectivity index (χ3v) is 4.30. The zero-order valence-electron chi connectivity index (χ0n) is 15.6. The molecule has 5 heteroatoms. The molecular weight excluding hydrogens is 336 g/mol. The van der Waals surface area contributed by atoms with Crippen molar-refractivity contribution in [3.63, 3.8) is 0 Å².